The predicted octanol–water partition coefficient (Wildman–Crippen LogP) is 2.81. The summed E-state index contributed by atoms with van der Waals surface area (Å²) in [7, 11) is 0. The molecule has 0 aliphatic carbocycles. The first-order chi connectivity index (χ1) is 8.76. The number of anilines is 1. The van der Waals surface area contributed by atoms with Crippen molar-refractivity contribution in [1.29, 1.82) is 0 Å². The maximum Gasteiger partial charge on any atom is 0.224 e. The molecule has 0 saturated carbocycles. The number of hydrogen-bond acceptors (Lipinski definition) is 4. The van der Waals surface area contributed by atoms with Gasteiger partial charge in [-0.3, -0.25) is 4.57 Å². The number of nitrogens with zero attached hydrogens (tertiary/aromatic N) is 4. The Labute approximate surface area is 115 Å². The van der Waals surface area contributed by atoms with E-state index >= 15 is 0 Å². The first-order valence-electron chi connectivity index (χ1n) is 6.05. The molecular weight excluding hydrogens is 294 g/mol. The highest BCUT2D eigenvalue weighted by atomic mass is 79.9. The van der Waals surface area contributed by atoms with Crippen LogP contribution in [0.15, 0.2) is 23.1 Å². The van der Waals surface area contributed by atoms with E-state index in [0.717, 1.165) is 35.5 Å². The van der Waals surface area contributed by atoms with Crippen LogP contribution in [-0.2, 0) is 6.42 Å². The van der Waals surface area contributed by atoms with Crippen molar-refractivity contribution in [2.75, 3.05) is 11.9 Å². The number of rotatable bonds is 5. The molecule has 0 amide bonds. The van der Waals surface area contributed by atoms with Gasteiger partial charge in [-0.05, 0) is 22.4 Å². The van der Waals surface area contributed by atoms with Gasteiger partial charge in [0.2, 0.25) is 5.95 Å². The van der Waals surface area contributed by atoms with E-state index in [2.05, 4.69) is 50.0 Å². The second-order valence-electron chi connectivity index (χ2n) is 3.86. The molecule has 0 spiro atoms. The van der Waals surface area contributed by atoms with Crippen LogP contribution in [0.25, 0.3) is 5.82 Å². The smallest absolute Gasteiger partial charge is 0.224 e. The highest BCUT2D eigenvalue weighted by Crippen LogP contribution is 2.20. The van der Waals surface area contributed by atoms with Crippen LogP contribution in [0.4, 0.5) is 5.95 Å². The summed E-state index contributed by atoms with van der Waals surface area (Å²) in [6.07, 6.45) is 7.36. The second kappa shape index (κ2) is 5.95. The number of imidazole rings is 1. The molecule has 0 saturated heterocycles. The Kier molecular flexibility index (Phi) is 4.30. The molecule has 0 bridgehead atoms. The average molecular weight is 310 g/mol. The zero-order chi connectivity index (χ0) is 13.0. The molecule has 0 aliphatic rings. The molecule has 0 fully saturated rings. The monoisotopic (exact) mass is 309 g/mol. The summed E-state index contributed by atoms with van der Waals surface area (Å²) in [5.41, 5.74) is 0. The molecule has 0 radical (unpaired) electrons. The highest BCUT2D eigenvalue weighted by Gasteiger charge is 2.10. The van der Waals surface area contributed by atoms with Crippen LogP contribution in [0.5, 0.6) is 0 Å². The Morgan fingerprint density at radius 3 is 2.89 bits per heavy atom. The fourth-order valence-electron chi connectivity index (χ4n) is 1.64. The molecule has 96 valence electrons. The average Bonchev–Trinajstić information content (AvgIpc) is 2.86. The number of aryl methyl sites for hydroxylation is 1. The Hall–Kier alpha value is -1.43. The number of aromatic nitrogens is 4. The Morgan fingerprint density at radius 2 is 2.17 bits per heavy atom. The van der Waals surface area contributed by atoms with Gasteiger partial charge in [0.05, 0.1) is 4.47 Å². The molecular formula is C12H16BrN5. The number of nitrogens with one attached hydrogen (secondary N) is 1. The van der Waals surface area contributed by atoms with Crippen LogP contribution in [0.3, 0.4) is 0 Å². The van der Waals surface area contributed by atoms with E-state index in [1.807, 2.05) is 10.8 Å². The van der Waals surface area contributed by atoms with Crippen LogP contribution >= 0.6 is 15.9 Å². The Bertz CT molecular complexity index is 523. The van der Waals surface area contributed by atoms with Gasteiger partial charge in [-0.2, -0.15) is 4.98 Å². The maximum absolute atomic E-state index is 4.51. The molecule has 0 aliphatic heterocycles. The molecule has 18 heavy (non-hydrogen) atoms. The topological polar surface area (TPSA) is 55.6 Å². The largest absolute Gasteiger partial charge is 0.354 e. The van der Waals surface area contributed by atoms with Crippen LogP contribution in [0, 0.1) is 0 Å². The summed E-state index contributed by atoms with van der Waals surface area (Å²) >= 11 is 3.48. The van der Waals surface area contributed by atoms with E-state index < -0.39 is 0 Å². The van der Waals surface area contributed by atoms with Crippen molar-refractivity contribution in [2.45, 2.75) is 26.7 Å². The lowest BCUT2D eigenvalue weighted by atomic mass is 10.4. The van der Waals surface area contributed by atoms with Crippen molar-refractivity contribution in [3.63, 3.8) is 0 Å². The van der Waals surface area contributed by atoms with E-state index in [-0.39, 0.29) is 0 Å². The Balaban J connectivity index is 2.37. The normalized spacial score (nSPS) is 10.6. The lowest BCUT2D eigenvalue weighted by Gasteiger charge is -2.10. The molecule has 2 rings (SSSR count). The second-order valence-corrected chi connectivity index (χ2v) is 4.71. The van der Waals surface area contributed by atoms with Gasteiger partial charge >= 0.3 is 0 Å². The first kappa shape index (κ1) is 13.0. The zero-order valence-corrected chi connectivity index (χ0v) is 12.1. The van der Waals surface area contributed by atoms with Gasteiger partial charge in [-0.25, -0.2) is 9.97 Å². The molecule has 6 heteroatoms. The number of hydrogen-bond donors (Lipinski definition) is 1. The third kappa shape index (κ3) is 2.69. The predicted molar refractivity (Wildman–Crippen MR) is 75.0 cm³/mol. The van der Waals surface area contributed by atoms with Crippen LogP contribution < -0.4 is 5.32 Å². The van der Waals surface area contributed by atoms with E-state index in [0.29, 0.717) is 5.95 Å². The van der Waals surface area contributed by atoms with E-state index in [9.17, 15) is 0 Å². The summed E-state index contributed by atoms with van der Waals surface area (Å²) < 4.78 is 2.83. The van der Waals surface area contributed by atoms with Crippen molar-refractivity contribution < 1.29 is 0 Å². The molecule has 2 aromatic heterocycles. The van der Waals surface area contributed by atoms with Crippen molar-refractivity contribution >= 4 is 21.9 Å². The lowest BCUT2D eigenvalue weighted by molar-refractivity contribution is 0.853. The van der Waals surface area contributed by atoms with Gasteiger partial charge in [0.1, 0.15) is 5.82 Å². The Morgan fingerprint density at radius 1 is 1.33 bits per heavy atom. The third-order valence-corrected chi connectivity index (χ3v) is 3.08. The minimum absolute atomic E-state index is 0.644. The fourth-order valence-corrected chi connectivity index (χ4v) is 2.02. The van der Waals surface area contributed by atoms with Gasteiger partial charge < -0.3 is 5.32 Å². The standard InChI is InChI=1S/C12H16BrN5/c1-3-5-15-12-16-8-9(13)11(17-12)18-7-6-14-10(18)4-2/h6-8H,3-5H2,1-2H3,(H,15,16,17). The summed E-state index contributed by atoms with van der Waals surface area (Å²) in [6, 6.07) is 0. The quantitative estimate of drug-likeness (QED) is 0.922. The van der Waals surface area contributed by atoms with Crippen LogP contribution in [0.1, 0.15) is 26.1 Å². The third-order valence-electron chi connectivity index (χ3n) is 2.52. The number of halogens is 1. The molecule has 2 aromatic rings. The van der Waals surface area contributed by atoms with Gasteiger partial charge in [-0.15, -0.1) is 0 Å². The molecule has 2 heterocycles. The van der Waals surface area contributed by atoms with Crippen molar-refractivity contribution in [2.24, 2.45) is 0 Å². The summed E-state index contributed by atoms with van der Waals surface area (Å²) in [4.78, 5) is 13.1. The van der Waals surface area contributed by atoms with Crippen LogP contribution in [-0.4, -0.2) is 26.1 Å². The minimum Gasteiger partial charge on any atom is -0.354 e. The van der Waals surface area contributed by atoms with E-state index in [1.54, 1.807) is 12.4 Å². The zero-order valence-electron chi connectivity index (χ0n) is 10.5. The fraction of sp³-hybridized carbons (Fsp3) is 0.417. The van der Waals surface area contributed by atoms with E-state index in [4.69, 9.17) is 0 Å². The molecule has 0 unspecified atom stereocenters. The first-order valence-corrected chi connectivity index (χ1v) is 6.84. The highest BCUT2D eigenvalue weighted by molar-refractivity contribution is 9.10. The summed E-state index contributed by atoms with van der Waals surface area (Å²) in [5.74, 6) is 2.44. The van der Waals surface area contributed by atoms with Crippen molar-refractivity contribution in [3.8, 4) is 5.82 Å². The van der Waals surface area contributed by atoms with Crippen molar-refractivity contribution in [1.82, 2.24) is 19.5 Å². The lowest BCUT2D eigenvalue weighted by Crippen LogP contribution is -2.08. The minimum atomic E-state index is 0.644. The maximum atomic E-state index is 4.51. The SMILES string of the molecule is CCCNc1ncc(Br)c(-n2ccnc2CC)n1. The van der Waals surface area contributed by atoms with Gasteiger partial charge in [-0.1, -0.05) is 13.8 Å². The van der Waals surface area contributed by atoms with Crippen LogP contribution in [0.2, 0.25) is 0 Å². The molecule has 0 atom stereocenters. The van der Waals surface area contributed by atoms with Gasteiger partial charge in [0, 0.05) is 31.6 Å². The molecule has 5 nitrogen and oxygen atoms in total. The summed E-state index contributed by atoms with van der Waals surface area (Å²) in [6.45, 7) is 5.05. The molecule has 1 N–H and O–H groups in total. The summed E-state index contributed by atoms with van der Waals surface area (Å²) in [5, 5.41) is 3.18. The molecule has 0 aromatic carbocycles. The van der Waals surface area contributed by atoms with Gasteiger partial charge in [0.25, 0.3) is 0 Å². The van der Waals surface area contributed by atoms with Crippen molar-refractivity contribution in [3.05, 3.63) is 28.9 Å². The van der Waals surface area contributed by atoms with E-state index in [1.165, 1.54) is 0 Å². The van der Waals surface area contributed by atoms with Gasteiger partial charge in [0.15, 0.2) is 5.82 Å².